The summed E-state index contributed by atoms with van der Waals surface area (Å²) in [6.45, 7) is 4.00. The van der Waals surface area contributed by atoms with E-state index in [1.54, 1.807) is 12.2 Å². The van der Waals surface area contributed by atoms with Crippen molar-refractivity contribution in [1.82, 2.24) is 4.98 Å². The van der Waals surface area contributed by atoms with Crippen LogP contribution >= 0.6 is 11.3 Å². The molecule has 0 saturated heterocycles. The first-order valence-corrected chi connectivity index (χ1v) is 12.9. The number of rotatable bonds is 8. The molecule has 5 N–H and O–H groups in total. The molecule has 1 aliphatic rings. The Bertz CT molecular complexity index is 1110. The maximum Gasteiger partial charge on any atom is 0.213 e. The van der Waals surface area contributed by atoms with E-state index in [0.29, 0.717) is 35.0 Å². The van der Waals surface area contributed by atoms with E-state index >= 15 is 0 Å². The molecule has 1 aliphatic carbocycles. The lowest BCUT2D eigenvalue weighted by Crippen LogP contribution is -2.21. The van der Waals surface area contributed by atoms with Crippen LogP contribution in [-0.4, -0.2) is 32.0 Å². The molecule has 0 radical (unpaired) electrons. The fourth-order valence-electron chi connectivity index (χ4n) is 3.16. The number of nitrogens with zero attached hydrogens (tertiary/aromatic N) is 2. The van der Waals surface area contributed by atoms with E-state index in [9.17, 15) is 13.2 Å². The topological polar surface area (TPSA) is 141 Å². The van der Waals surface area contributed by atoms with Crippen molar-refractivity contribution in [1.29, 1.82) is 0 Å². The van der Waals surface area contributed by atoms with Gasteiger partial charge in [0, 0.05) is 17.1 Å². The predicted octanol–water partition coefficient (Wildman–Crippen LogP) is 3.40. The third kappa shape index (κ3) is 7.03. The fourth-order valence-corrected chi connectivity index (χ4v) is 4.95. The summed E-state index contributed by atoms with van der Waals surface area (Å²) in [5.41, 5.74) is 13.5. The van der Waals surface area contributed by atoms with Crippen LogP contribution in [0.5, 0.6) is 0 Å². The van der Waals surface area contributed by atoms with E-state index in [2.05, 4.69) is 15.3 Å². The fraction of sp³-hybridized carbons (Fsp3) is 0.318. The summed E-state index contributed by atoms with van der Waals surface area (Å²) in [7, 11) is -3.22. The van der Waals surface area contributed by atoms with Gasteiger partial charge in [0.2, 0.25) is 6.41 Å². The number of aromatic nitrogens is 1. The zero-order valence-electron chi connectivity index (χ0n) is 18.4. The van der Waals surface area contributed by atoms with Crippen molar-refractivity contribution >= 4 is 44.4 Å². The van der Waals surface area contributed by atoms with E-state index in [-0.39, 0.29) is 11.9 Å². The van der Waals surface area contributed by atoms with Gasteiger partial charge in [-0.2, -0.15) is 0 Å². The molecule has 10 heteroatoms. The number of amides is 1. The number of thiazole rings is 1. The maximum absolute atomic E-state index is 11.7. The van der Waals surface area contributed by atoms with Crippen LogP contribution in [0.25, 0.3) is 0 Å². The summed E-state index contributed by atoms with van der Waals surface area (Å²) in [5, 5.41) is 3.15. The molecule has 8 nitrogen and oxygen atoms in total. The zero-order chi connectivity index (χ0) is 23.7. The minimum atomic E-state index is -3.22. The lowest BCUT2D eigenvalue weighted by Gasteiger charge is -2.15. The third-order valence-corrected chi connectivity index (χ3v) is 6.91. The number of anilines is 1. The Labute approximate surface area is 193 Å². The number of benzene rings is 1. The molecule has 1 atom stereocenters. The number of hydrogen-bond donors (Lipinski definition) is 3. The van der Waals surface area contributed by atoms with Gasteiger partial charge < -0.3 is 16.8 Å². The van der Waals surface area contributed by atoms with E-state index in [4.69, 9.17) is 11.5 Å². The second kappa shape index (κ2) is 11.6. The van der Waals surface area contributed by atoms with Gasteiger partial charge in [-0.1, -0.05) is 38.1 Å². The molecule has 0 spiro atoms. The second-order valence-corrected chi connectivity index (χ2v) is 9.92. The van der Waals surface area contributed by atoms with Gasteiger partial charge in [-0.05, 0) is 43.0 Å². The summed E-state index contributed by atoms with van der Waals surface area (Å²) in [4.78, 5) is 20.8. The first kappa shape index (κ1) is 25.3. The maximum atomic E-state index is 11.7. The van der Waals surface area contributed by atoms with E-state index in [0.717, 1.165) is 22.6 Å². The second-order valence-electron chi connectivity index (χ2n) is 6.88. The van der Waals surface area contributed by atoms with Crippen LogP contribution in [-0.2, 0) is 27.5 Å². The van der Waals surface area contributed by atoms with Gasteiger partial charge >= 0.3 is 0 Å². The van der Waals surface area contributed by atoms with Crippen LogP contribution in [0.1, 0.15) is 42.3 Å². The van der Waals surface area contributed by atoms with E-state index < -0.39 is 9.84 Å². The summed E-state index contributed by atoms with van der Waals surface area (Å²) in [5.74, 6) is 0.0353. The molecule has 1 aromatic carbocycles. The molecular formula is C22H29N5O3S2. The highest BCUT2D eigenvalue weighted by Crippen LogP contribution is 2.36. The van der Waals surface area contributed by atoms with Crippen molar-refractivity contribution in [3.63, 3.8) is 0 Å². The van der Waals surface area contributed by atoms with Crippen molar-refractivity contribution in [2.45, 2.75) is 39.0 Å². The molecule has 1 aromatic heterocycles. The van der Waals surface area contributed by atoms with E-state index in [1.807, 2.05) is 44.2 Å². The summed E-state index contributed by atoms with van der Waals surface area (Å²) >= 11 is 1.41. The SMILES string of the molecule is CC.CS(=O)(=O)C1=CCC(c2sc(NC=O)nc2CCc2ccc(N=C(N)N)cc2)C=C1. The number of hydrogen-bond acceptors (Lipinski definition) is 6. The van der Waals surface area contributed by atoms with Gasteiger partial charge in [0.05, 0.1) is 16.3 Å². The highest BCUT2D eigenvalue weighted by Gasteiger charge is 2.22. The van der Waals surface area contributed by atoms with Gasteiger partial charge in [-0.3, -0.25) is 4.79 Å². The number of carbonyl (C=O) groups excluding carboxylic acids is 1. The summed E-state index contributed by atoms with van der Waals surface area (Å²) in [6, 6.07) is 7.61. The molecule has 0 saturated carbocycles. The summed E-state index contributed by atoms with van der Waals surface area (Å²) in [6.07, 6.45) is 9.07. The number of aryl methyl sites for hydroxylation is 2. The van der Waals surface area contributed by atoms with E-state index in [1.165, 1.54) is 17.6 Å². The van der Waals surface area contributed by atoms with Crippen LogP contribution in [0.4, 0.5) is 10.8 Å². The third-order valence-electron chi connectivity index (χ3n) is 4.59. The van der Waals surface area contributed by atoms with Crippen molar-refractivity contribution in [3.05, 3.63) is 63.5 Å². The first-order chi connectivity index (χ1) is 15.3. The Balaban J connectivity index is 0.00000176. The van der Waals surface area contributed by atoms with Crippen LogP contribution < -0.4 is 16.8 Å². The largest absolute Gasteiger partial charge is 0.370 e. The minimum Gasteiger partial charge on any atom is -0.370 e. The van der Waals surface area contributed by atoms with Gasteiger partial charge in [0.25, 0.3) is 0 Å². The number of nitrogens with one attached hydrogen (secondary N) is 1. The minimum absolute atomic E-state index is 0.0127. The zero-order valence-corrected chi connectivity index (χ0v) is 20.0. The van der Waals surface area contributed by atoms with Crippen LogP contribution in [0.3, 0.4) is 0 Å². The Morgan fingerprint density at radius 1 is 1.25 bits per heavy atom. The molecule has 172 valence electrons. The smallest absolute Gasteiger partial charge is 0.213 e. The highest BCUT2D eigenvalue weighted by atomic mass is 32.2. The standard InChI is InChI=1S/C20H23N5O3S2.C2H6/c1-30(27,28)16-9-5-14(6-10-16)18-17(25-20(29-18)23-12-26)11-4-13-2-7-15(8-3-13)24-19(21)22;1-2/h2-3,5,7-10,12,14H,4,6,11H2,1H3,(H4,21,22,24)(H,23,25,26);1-2H3. The number of guanidine groups is 1. The number of aliphatic imine (C=N–C) groups is 1. The average Bonchev–Trinajstić information content (AvgIpc) is 3.17. The van der Waals surface area contributed by atoms with Crippen LogP contribution in [0.15, 0.2) is 52.4 Å². The molecule has 2 aromatic rings. The van der Waals surface area contributed by atoms with Crippen molar-refractivity contribution < 1.29 is 13.2 Å². The van der Waals surface area contributed by atoms with Gasteiger partial charge in [-0.25, -0.2) is 18.4 Å². The van der Waals surface area contributed by atoms with Crippen molar-refractivity contribution in [2.24, 2.45) is 16.5 Å². The highest BCUT2D eigenvalue weighted by molar-refractivity contribution is 7.94. The molecule has 3 rings (SSSR count). The molecule has 0 bridgehead atoms. The first-order valence-electron chi connectivity index (χ1n) is 10.2. The molecule has 1 amide bonds. The quantitative estimate of drug-likeness (QED) is 0.304. The van der Waals surface area contributed by atoms with Gasteiger partial charge in [-0.15, -0.1) is 11.3 Å². The lowest BCUT2D eigenvalue weighted by molar-refractivity contribution is -0.105. The number of nitrogens with two attached hydrogens (primary N) is 2. The normalized spacial score (nSPS) is 15.2. The van der Waals surface area contributed by atoms with Crippen molar-refractivity contribution in [3.8, 4) is 0 Å². The Kier molecular flexibility index (Phi) is 9.15. The molecule has 1 heterocycles. The Morgan fingerprint density at radius 3 is 2.47 bits per heavy atom. The molecule has 1 unspecified atom stereocenters. The number of carbonyl (C=O) groups is 1. The predicted molar refractivity (Wildman–Crippen MR) is 132 cm³/mol. The molecule has 0 fully saturated rings. The van der Waals surface area contributed by atoms with Gasteiger partial charge in [0.15, 0.2) is 20.9 Å². The van der Waals surface area contributed by atoms with Crippen LogP contribution in [0, 0.1) is 0 Å². The Hall–Kier alpha value is -2.98. The lowest BCUT2D eigenvalue weighted by atomic mass is 9.96. The number of sulfone groups is 1. The molecular weight excluding hydrogens is 446 g/mol. The average molecular weight is 476 g/mol. The summed E-state index contributed by atoms with van der Waals surface area (Å²) < 4.78 is 23.5. The van der Waals surface area contributed by atoms with Crippen LogP contribution in [0.2, 0.25) is 0 Å². The monoisotopic (exact) mass is 475 g/mol. The number of allylic oxidation sites excluding steroid dienone is 3. The van der Waals surface area contributed by atoms with Gasteiger partial charge in [0.1, 0.15) is 0 Å². The van der Waals surface area contributed by atoms with Crippen molar-refractivity contribution in [2.75, 3.05) is 11.6 Å². The Morgan fingerprint density at radius 2 is 1.94 bits per heavy atom. The molecule has 32 heavy (non-hydrogen) atoms. The molecule has 0 aliphatic heterocycles.